The van der Waals surface area contributed by atoms with Crippen molar-refractivity contribution in [2.75, 3.05) is 23.9 Å². The van der Waals surface area contributed by atoms with Gasteiger partial charge in [-0.3, -0.25) is 14.4 Å². The van der Waals surface area contributed by atoms with Crippen LogP contribution < -0.4 is 15.0 Å². The number of rotatable bonds is 5. The first kappa shape index (κ1) is 17.2. The zero-order valence-electron chi connectivity index (χ0n) is 14.0. The maximum Gasteiger partial charge on any atom is 0.265 e. The maximum absolute atomic E-state index is 12.3. The van der Waals surface area contributed by atoms with Crippen LogP contribution >= 0.6 is 11.3 Å². The van der Waals surface area contributed by atoms with Crippen LogP contribution in [0.4, 0.5) is 11.4 Å². The Morgan fingerprint density at radius 3 is 2.56 bits per heavy atom. The molecule has 0 saturated carbocycles. The summed E-state index contributed by atoms with van der Waals surface area (Å²) >= 11 is 1.16. The Labute approximate surface area is 149 Å². The average molecular weight is 358 g/mol. The van der Waals surface area contributed by atoms with Crippen LogP contribution in [-0.2, 0) is 4.79 Å². The molecule has 0 bridgehead atoms. The van der Waals surface area contributed by atoms with Gasteiger partial charge in [0.25, 0.3) is 5.91 Å². The Balaban J connectivity index is 1.79. The highest BCUT2D eigenvalue weighted by atomic mass is 32.1. The Hall–Kier alpha value is -2.67. The number of Topliss-reactive ketones (excluding diaryl/α,β-unsaturated/α-hetero) is 1. The van der Waals surface area contributed by atoms with Gasteiger partial charge in [0.2, 0.25) is 5.91 Å². The van der Waals surface area contributed by atoms with E-state index in [1.54, 1.807) is 35.2 Å². The molecule has 1 saturated heterocycles. The molecule has 0 radical (unpaired) electrons. The van der Waals surface area contributed by atoms with Crippen LogP contribution in [0.2, 0.25) is 0 Å². The molecule has 1 N–H and O–H groups in total. The number of thiophene rings is 1. The van der Waals surface area contributed by atoms with Crippen molar-refractivity contribution in [1.29, 1.82) is 0 Å². The van der Waals surface area contributed by atoms with Crippen molar-refractivity contribution in [3.63, 3.8) is 0 Å². The first-order chi connectivity index (χ1) is 12.0. The second kappa shape index (κ2) is 7.06. The maximum atomic E-state index is 12.3. The molecule has 130 valence electrons. The number of methoxy groups -OCH3 is 1. The summed E-state index contributed by atoms with van der Waals surface area (Å²) in [5.41, 5.74) is 1.27. The van der Waals surface area contributed by atoms with Gasteiger partial charge in [0.1, 0.15) is 5.75 Å². The second-order valence-corrected chi connectivity index (χ2v) is 6.79. The van der Waals surface area contributed by atoms with E-state index < -0.39 is 0 Å². The summed E-state index contributed by atoms with van der Waals surface area (Å²) in [6.07, 6.45) is 1.37. The average Bonchev–Trinajstić information content (AvgIpc) is 3.24. The smallest absolute Gasteiger partial charge is 0.265 e. The Kier molecular flexibility index (Phi) is 4.85. The minimum atomic E-state index is -0.287. The fraction of sp³-hybridized carbons (Fsp3) is 0.278. The van der Waals surface area contributed by atoms with Crippen LogP contribution in [0.25, 0.3) is 0 Å². The van der Waals surface area contributed by atoms with Gasteiger partial charge in [-0.2, -0.15) is 0 Å². The Bertz CT molecular complexity index is 843. The van der Waals surface area contributed by atoms with E-state index in [4.69, 9.17) is 4.74 Å². The number of hydrogen-bond donors (Lipinski definition) is 1. The summed E-state index contributed by atoms with van der Waals surface area (Å²) in [6.45, 7) is 2.14. The summed E-state index contributed by atoms with van der Waals surface area (Å²) in [7, 11) is 1.53. The molecule has 1 aromatic carbocycles. The third kappa shape index (κ3) is 3.56. The number of nitrogens with zero attached hydrogens (tertiary/aromatic N) is 1. The summed E-state index contributed by atoms with van der Waals surface area (Å²) in [6, 6.07) is 8.47. The number of ketones is 1. The fourth-order valence-electron chi connectivity index (χ4n) is 2.72. The molecule has 25 heavy (non-hydrogen) atoms. The van der Waals surface area contributed by atoms with Crippen LogP contribution in [0.5, 0.6) is 5.75 Å². The van der Waals surface area contributed by atoms with E-state index in [9.17, 15) is 14.4 Å². The number of carbonyl (C=O) groups is 3. The molecule has 7 heteroatoms. The van der Waals surface area contributed by atoms with Gasteiger partial charge in [-0.1, -0.05) is 0 Å². The molecule has 1 aliphatic heterocycles. The number of nitrogens with one attached hydrogen (secondary N) is 1. The van der Waals surface area contributed by atoms with Gasteiger partial charge in [0.15, 0.2) is 5.78 Å². The number of anilines is 2. The lowest BCUT2D eigenvalue weighted by Crippen LogP contribution is -2.24. The molecule has 0 unspecified atom stereocenters. The Morgan fingerprint density at radius 2 is 1.96 bits per heavy atom. The van der Waals surface area contributed by atoms with Crippen molar-refractivity contribution in [2.24, 2.45) is 0 Å². The van der Waals surface area contributed by atoms with E-state index in [1.165, 1.54) is 14.0 Å². The van der Waals surface area contributed by atoms with Gasteiger partial charge in [0, 0.05) is 24.7 Å². The molecule has 6 nitrogen and oxygen atoms in total. The molecular weight excluding hydrogens is 340 g/mol. The van der Waals surface area contributed by atoms with Crippen molar-refractivity contribution in [2.45, 2.75) is 19.8 Å². The monoisotopic (exact) mass is 358 g/mol. The van der Waals surface area contributed by atoms with E-state index in [-0.39, 0.29) is 17.6 Å². The molecule has 1 aromatic heterocycles. The molecular formula is C18H18N2O4S. The first-order valence-electron chi connectivity index (χ1n) is 7.90. The molecule has 2 aromatic rings. The van der Waals surface area contributed by atoms with Crippen molar-refractivity contribution >= 4 is 40.3 Å². The molecule has 0 atom stereocenters. The summed E-state index contributed by atoms with van der Waals surface area (Å²) < 4.78 is 5.38. The Morgan fingerprint density at radius 1 is 1.20 bits per heavy atom. The van der Waals surface area contributed by atoms with Gasteiger partial charge in [-0.15, -0.1) is 11.3 Å². The van der Waals surface area contributed by atoms with E-state index in [0.29, 0.717) is 39.8 Å². The van der Waals surface area contributed by atoms with Crippen molar-refractivity contribution < 1.29 is 19.1 Å². The fourth-order valence-corrected chi connectivity index (χ4v) is 3.52. The van der Waals surface area contributed by atoms with Crippen LogP contribution in [0.1, 0.15) is 39.1 Å². The molecule has 0 spiro atoms. The number of amides is 2. The number of carbonyl (C=O) groups excluding carboxylic acids is 3. The minimum Gasteiger partial charge on any atom is -0.494 e. The van der Waals surface area contributed by atoms with Gasteiger partial charge in [-0.05, 0) is 37.6 Å². The summed E-state index contributed by atoms with van der Waals surface area (Å²) in [5, 5.41) is 2.79. The van der Waals surface area contributed by atoms with Crippen LogP contribution in [-0.4, -0.2) is 31.3 Å². The third-order valence-electron chi connectivity index (χ3n) is 3.98. The van der Waals surface area contributed by atoms with E-state index in [1.807, 2.05) is 0 Å². The minimum absolute atomic E-state index is 0.0645. The van der Waals surface area contributed by atoms with Crippen LogP contribution in [0.3, 0.4) is 0 Å². The van der Waals surface area contributed by atoms with Crippen LogP contribution in [0.15, 0.2) is 30.3 Å². The lowest BCUT2D eigenvalue weighted by Gasteiger charge is -2.19. The van der Waals surface area contributed by atoms with Crippen molar-refractivity contribution in [1.82, 2.24) is 0 Å². The topological polar surface area (TPSA) is 75.7 Å². The highest BCUT2D eigenvalue weighted by Gasteiger charge is 2.24. The van der Waals surface area contributed by atoms with Gasteiger partial charge >= 0.3 is 0 Å². The molecule has 2 heterocycles. The van der Waals surface area contributed by atoms with Gasteiger partial charge in [0.05, 0.1) is 22.6 Å². The molecule has 3 rings (SSSR count). The van der Waals surface area contributed by atoms with Crippen molar-refractivity contribution in [3.05, 3.63) is 40.1 Å². The van der Waals surface area contributed by atoms with E-state index in [2.05, 4.69) is 5.32 Å². The zero-order chi connectivity index (χ0) is 18.0. The molecule has 1 aliphatic rings. The van der Waals surface area contributed by atoms with Crippen LogP contribution in [0, 0.1) is 0 Å². The number of benzene rings is 1. The second-order valence-electron chi connectivity index (χ2n) is 5.71. The molecule has 1 fully saturated rings. The SMILES string of the molecule is COc1cc(NC(=O)c2ccc(C(C)=O)s2)ccc1N1CCCC1=O. The van der Waals surface area contributed by atoms with Gasteiger partial charge < -0.3 is 15.0 Å². The standard InChI is InChI=1S/C18H18N2O4S/c1-11(21)15-7-8-16(25-15)18(23)19-12-5-6-13(14(10-12)24-2)20-9-3-4-17(20)22/h5-8,10H,3-4,9H2,1-2H3,(H,19,23). The predicted octanol–water partition coefficient (Wildman–Crippen LogP) is 3.34. The normalized spacial score (nSPS) is 13.8. The third-order valence-corrected chi connectivity index (χ3v) is 5.16. The van der Waals surface area contributed by atoms with Crippen molar-refractivity contribution in [3.8, 4) is 5.75 Å². The lowest BCUT2D eigenvalue weighted by atomic mass is 10.2. The van der Waals surface area contributed by atoms with Gasteiger partial charge in [-0.25, -0.2) is 0 Å². The molecule has 0 aliphatic carbocycles. The first-order valence-corrected chi connectivity index (χ1v) is 8.72. The highest BCUT2D eigenvalue weighted by molar-refractivity contribution is 7.16. The highest BCUT2D eigenvalue weighted by Crippen LogP contribution is 2.34. The largest absolute Gasteiger partial charge is 0.494 e. The predicted molar refractivity (Wildman–Crippen MR) is 96.9 cm³/mol. The van der Waals surface area contributed by atoms with E-state index >= 15 is 0 Å². The molecule has 2 amide bonds. The number of hydrogen-bond acceptors (Lipinski definition) is 5. The summed E-state index contributed by atoms with van der Waals surface area (Å²) in [4.78, 5) is 38.3. The van der Waals surface area contributed by atoms with E-state index in [0.717, 1.165) is 17.8 Å². The zero-order valence-corrected chi connectivity index (χ0v) is 14.8. The summed E-state index contributed by atoms with van der Waals surface area (Å²) in [5.74, 6) is 0.254. The quantitative estimate of drug-likeness (QED) is 0.832. The lowest BCUT2D eigenvalue weighted by molar-refractivity contribution is -0.117. The number of ether oxygens (including phenoxy) is 1.